The van der Waals surface area contributed by atoms with Crippen LogP contribution in [0.5, 0.6) is 0 Å². The van der Waals surface area contributed by atoms with Crippen LogP contribution in [0.4, 0.5) is 0 Å². The summed E-state index contributed by atoms with van der Waals surface area (Å²) in [5, 5.41) is 2.79. The van der Waals surface area contributed by atoms with Gasteiger partial charge in [0.1, 0.15) is 0 Å². The molecule has 0 aliphatic carbocycles. The Labute approximate surface area is 152 Å². The molecule has 25 heavy (non-hydrogen) atoms. The highest BCUT2D eigenvalue weighted by molar-refractivity contribution is 5.85. The van der Waals surface area contributed by atoms with Crippen LogP contribution < -0.4 is 0 Å². The van der Waals surface area contributed by atoms with Crippen molar-refractivity contribution >= 4 is 10.8 Å². The summed E-state index contributed by atoms with van der Waals surface area (Å²) in [4.78, 5) is 0. The second-order valence-electron chi connectivity index (χ2n) is 7.41. The van der Waals surface area contributed by atoms with Gasteiger partial charge in [0, 0.05) is 0 Å². The van der Waals surface area contributed by atoms with Gasteiger partial charge in [-0.1, -0.05) is 99.5 Å². The maximum Gasteiger partial charge on any atom is -0.0152 e. The molecule has 0 heterocycles. The number of fused-ring (bicyclic) bond motifs is 1. The highest BCUT2D eigenvalue weighted by atomic mass is 14.2. The van der Waals surface area contributed by atoms with Crippen molar-refractivity contribution in [1.29, 1.82) is 0 Å². The third-order valence-electron chi connectivity index (χ3n) is 5.50. The maximum absolute atomic E-state index is 2.44. The van der Waals surface area contributed by atoms with Crippen LogP contribution in [0.15, 0.2) is 72.8 Å². The van der Waals surface area contributed by atoms with E-state index in [1.165, 1.54) is 54.0 Å². The van der Waals surface area contributed by atoms with Gasteiger partial charge in [0.05, 0.1) is 0 Å². The van der Waals surface area contributed by atoms with E-state index in [9.17, 15) is 0 Å². The molecule has 0 fully saturated rings. The molecule has 2 atom stereocenters. The second-order valence-corrected chi connectivity index (χ2v) is 7.41. The minimum atomic E-state index is 0.702. The summed E-state index contributed by atoms with van der Waals surface area (Å²) in [5.41, 5.74) is 2.98. The molecule has 3 aromatic rings. The van der Waals surface area contributed by atoms with E-state index in [1.54, 1.807) is 0 Å². The van der Waals surface area contributed by atoms with Crippen molar-refractivity contribution in [3.8, 4) is 0 Å². The van der Waals surface area contributed by atoms with Gasteiger partial charge in [-0.3, -0.25) is 0 Å². The van der Waals surface area contributed by atoms with E-state index in [1.807, 2.05) is 0 Å². The fourth-order valence-corrected chi connectivity index (χ4v) is 3.96. The predicted molar refractivity (Wildman–Crippen MR) is 110 cm³/mol. The molecule has 3 rings (SSSR count). The summed E-state index contributed by atoms with van der Waals surface area (Å²) in [7, 11) is 0. The van der Waals surface area contributed by atoms with E-state index in [0.29, 0.717) is 5.92 Å². The first-order chi connectivity index (χ1) is 12.3. The maximum atomic E-state index is 2.44. The van der Waals surface area contributed by atoms with Crippen LogP contribution in [0, 0.1) is 11.8 Å². The molecule has 0 heteroatoms. The summed E-state index contributed by atoms with van der Waals surface area (Å²) >= 11 is 0. The van der Waals surface area contributed by atoms with Crippen molar-refractivity contribution in [3.05, 3.63) is 83.9 Å². The number of unbranched alkanes of at least 4 members (excludes halogenated alkanes) is 1. The highest BCUT2D eigenvalue weighted by Gasteiger charge is 2.19. The van der Waals surface area contributed by atoms with Crippen LogP contribution in [0.25, 0.3) is 10.8 Å². The zero-order valence-corrected chi connectivity index (χ0v) is 15.6. The lowest BCUT2D eigenvalue weighted by atomic mass is 9.80. The lowest BCUT2D eigenvalue weighted by Crippen LogP contribution is -2.17. The van der Waals surface area contributed by atoms with E-state index < -0.39 is 0 Å². The van der Waals surface area contributed by atoms with Crippen LogP contribution in [0.1, 0.15) is 44.2 Å². The molecule has 0 amide bonds. The third-order valence-corrected chi connectivity index (χ3v) is 5.50. The average molecular weight is 331 g/mol. The third kappa shape index (κ3) is 4.72. The average Bonchev–Trinajstić information content (AvgIpc) is 2.66. The Balaban J connectivity index is 1.80. The molecule has 0 saturated carbocycles. The van der Waals surface area contributed by atoms with Crippen molar-refractivity contribution in [2.45, 2.75) is 46.0 Å². The quantitative estimate of drug-likeness (QED) is 0.414. The van der Waals surface area contributed by atoms with Crippen molar-refractivity contribution in [2.75, 3.05) is 0 Å². The monoisotopic (exact) mass is 330 g/mol. The second kappa shape index (κ2) is 8.85. The molecule has 0 aliphatic heterocycles. The summed E-state index contributed by atoms with van der Waals surface area (Å²) in [6.45, 7) is 4.75. The fourth-order valence-electron chi connectivity index (χ4n) is 3.96. The van der Waals surface area contributed by atoms with Gasteiger partial charge in [-0.05, 0) is 53.0 Å². The summed E-state index contributed by atoms with van der Waals surface area (Å²) < 4.78 is 0. The molecule has 2 unspecified atom stereocenters. The molecular formula is C25H30. The van der Waals surface area contributed by atoms with Gasteiger partial charge < -0.3 is 0 Å². The summed E-state index contributed by atoms with van der Waals surface area (Å²) in [6.07, 6.45) is 6.31. The summed E-state index contributed by atoms with van der Waals surface area (Å²) in [6, 6.07) is 26.6. The largest absolute Gasteiger partial charge is 0.0654 e. The Morgan fingerprint density at radius 1 is 0.760 bits per heavy atom. The Morgan fingerprint density at radius 3 is 2.28 bits per heavy atom. The molecule has 0 radical (unpaired) electrons. The zero-order valence-electron chi connectivity index (χ0n) is 15.6. The first-order valence-electron chi connectivity index (χ1n) is 9.78. The van der Waals surface area contributed by atoms with Crippen molar-refractivity contribution < 1.29 is 0 Å². The number of hydrogen-bond acceptors (Lipinski definition) is 0. The normalized spacial score (nSPS) is 13.7. The topological polar surface area (TPSA) is 0 Å². The van der Waals surface area contributed by atoms with Crippen LogP contribution >= 0.6 is 0 Å². The van der Waals surface area contributed by atoms with Gasteiger partial charge in [-0.2, -0.15) is 0 Å². The van der Waals surface area contributed by atoms with E-state index >= 15 is 0 Å². The van der Waals surface area contributed by atoms with Crippen molar-refractivity contribution in [1.82, 2.24) is 0 Å². The Bertz CT molecular complexity index is 767. The van der Waals surface area contributed by atoms with Crippen LogP contribution in [0.2, 0.25) is 0 Å². The van der Waals surface area contributed by atoms with Gasteiger partial charge in [0.25, 0.3) is 0 Å². The number of benzene rings is 3. The molecule has 0 aliphatic rings. The van der Waals surface area contributed by atoms with E-state index in [0.717, 1.165) is 5.92 Å². The number of rotatable bonds is 8. The van der Waals surface area contributed by atoms with Gasteiger partial charge in [0.15, 0.2) is 0 Å². The minimum Gasteiger partial charge on any atom is -0.0654 e. The van der Waals surface area contributed by atoms with Crippen LogP contribution in [-0.2, 0) is 12.8 Å². The van der Waals surface area contributed by atoms with Crippen LogP contribution in [-0.4, -0.2) is 0 Å². The van der Waals surface area contributed by atoms with E-state index in [2.05, 4.69) is 86.6 Å². The molecule has 0 saturated heterocycles. The highest BCUT2D eigenvalue weighted by Crippen LogP contribution is 2.29. The Kier molecular flexibility index (Phi) is 6.28. The first-order valence-corrected chi connectivity index (χ1v) is 9.78. The van der Waals surface area contributed by atoms with Crippen molar-refractivity contribution in [2.24, 2.45) is 11.8 Å². The molecular weight excluding hydrogens is 300 g/mol. The molecule has 3 aromatic carbocycles. The Hall–Kier alpha value is -2.08. The van der Waals surface area contributed by atoms with Gasteiger partial charge in [-0.25, -0.2) is 0 Å². The first kappa shape index (κ1) is 17.7. The molecule has 0 aromatic heterocycles. The SMILES string of the molecule is CCCCC(Cc1cccc2ccccc12)C(C)Cc1ccccc1. The van der Waals surface area contributed by atoms with E-state index in [-0.39, 0.29) is 0 Å². The minimum absolute atomic E-state index is 0.702. The predicted octanol–water partition coefficient (Wildman–Crippen LogP) is 7.07. The molecule has 0 nitrogen and oxygen atoms in total. The van der Waals surface area contributed by atoms with Crippen LogP contribution in [0.3, 0.4) is 0 Å². The number of hydrogen-bond donors (Lipinski definition) is 0. The molecule has 0 bridgehead atoms. The smallest absolute Gasteiger partial charge is 0.0152 e. The standard InChI is InChI=1S/C25H30/c1-3-4-13-23(20(2)18-21-11-6-5-7-12-21)19-24-16-10-15-22-14-8-9-17-25(22)24/h5-12,14-17,20,23H,3-4,13,18-19H2,1-2H3. The zero-order chi connectivity index (χ0) is 17.5. The van der Waals surface area contributed by atoms with Gasteiger partial charge in [0.2, 0.25) is 0 Å². The molecule has 130 valence electrons. The fraction of sp³-hybridized carbons (Fsp3) is 0.360. The van der Waals surface area contributed by atoms with E-state index in [4.69, 9.17) is 0 Å². The van der Waals surface area contributed by atoms with Gasteiger partial charge >= 0.3 is 0 Å². The lowest BCUT2D eigenvalue weighted by Gasteiger charge is -2.25. The molecule has 0 N–H and O–H groups in total. The lowest BCUT2D eigenvalue weighted by molar-refractivity contribution is 0.324. The molecule has 0 spiro atoms. The summed E-state index contributed by atoms with van der Waals surface area (Å²) in [5.74, 6) is 1.44. The Morgan fingerprint density at radius 2 is 1.48 bits per heavy atom. The van der Waals surface area contributed by atoms with Crippen molar-refractivity contribution in [3.63, 3.8) is 0 Å². The van der Waals surface area contributed by atoms with Gasteiger partial charge in [-0.15, -0.1) is 0 Å².